The molecule has 1 aliphatic heterocycles. The van der Waals surface area contributed by atoms with Crippen molar-refractivity contribution in [1.29, 1.82) is 0 Å². The van der Waals surface area contributed by atoms with Gasteiger partial charge in [0, 0.05) is 82.2 Å². The summed E-state index contributed by atoms with van der Waals surface area (Å²) in [5.74, 6) is -7.76. The van der Waals surface area contributed by atoms with Crippen LogP contribution in [0, 0.1) is 5.92 Å². The van der Waals surface area contributed by atoms with E-state index in [1.165, 1.54) is 5.69 Å². The van der Waals surface area contributed by atoms with Gasteiger partial charge in [-0.3, -0.25) is 38.4 Å². The van der Waals surface area contributed by atoms with Crippen molar-refractivity contribution in [3.63, 3.8) is 0 Å². The average Bonchev–Trinajstić information content (AvgIpc) is 3.99. The number of anilines is 2. The minimum atomic E-state index is -1.60. The molecule has 0 spiro atoms. The number of benzene rings is 3. The molecule has 396 valence electrons. The number of unbranched alkanes of at least 4 members (excludes halogenated alkanes) is 2. The van der Waals surface area contributed by atoms with Gasteiger partial charge in [-0.25, -0.2) is 9.97 Å². The molecule has 3 heterocycles. The van der Waals surface area contributed by atoms with Crippen LogP contribution in [-0.4, -0.2) is 165 Å². The molecule has 3 aromatic carbocycles. The summed E-state index contributed by atoms with van der Waals surface area (Å²) in [6.45, 7) is 9.10. The van der Waals surface area contributed by atoms with Gasteiger partial charge in [-0.15, -0.1) is 0 Å². The van der Waals surface area contributed by atoms with Crippen LogP contribution in [0.1, 0.15) is 65.7 Å². The van der Waals surface area contributed by atoms with Crippen LogP contribution in [0.4, 0.5) is 11.4 Å². The Balaban J connectivity index is 0.966. The molecule has 4 atom stereocenters. The Labute approximate surface area is 427 Å². The molecule has 1 aliphatic rings. The van der Waals surface area contributed by atoms with Crippen LogP contribution < -0.4 is 36.4 Å². The lowest BCUT2D eigenvalue weighted by Gasteiger charge is -2.34. The summed E-state index contributed by atoms with van der Waals surface area (Å²) in [4.78, 5) is 123. The largest absolute Gasteiger partial charge is 0.481 e. The molecule has 1 saturated heterocycles. The fourth-order valence-corrected chi connectivity index (χ4v) is 8.55. The molecule has 1 unspecified atom stereocenters. The van der Waals surface area contributed by atoms with Crippen molar-refractivity contribution in [3.8, 4) is 22.8 Å². The second kappa shape index (κ2) is 25.5. The topological polar surface area (TPSA) is 324 Å². The molecule has 5 aromatic rings. The first-order valence-electron chi connectivity index (χ1n) is 24.6. The summed E-state index contributed by atoms with van der Waals surface area (Å²) in [5, 5.41) is 40.0. The third-order valence-corrected chi connectivity index (χ3v) is 12.8. The van der Waals surface area contributed by atoms with Gasteiger partial charge in [-0.2, -0.15) is 0 Å². The third kappa shape index (κ3) is 15.5. The number of amides is 5. The molecule has 0 radical (unpaired) electrons. The van der Waals surface area contributed by atoms with Gasteiger partial charge in [0.15, 0.2) is 0 Å². The molecule has 23 heteroatoms. The van der Waals surface area contributed by atoms with E-state index in [0.29, 0.717) is 19.4 Å². The zero-order valence-electron chi connectivity index (χ0n) is 42.2. The predicted molar refractivity (Wildman–Crippen MR) is 276 cm³/mol. The minimum Gasteiger partial charge on any atom is -0.481 e. The normalized spacial score (nSPS) is 14.4. The zero-order valence-corrected chi connectivity index (χ0v) is 42.2. The first-order chi connectivity index (χ1) is 35.2. The first kappa shape index (κ1) is 55.2. The summed E-state index contributed by atoms with van der Waals surface area (Å²) in [5.41, 5.74) is 7.69. The number of piperazine rings is 1. The number of nitrogens with one attached hydrogen (secondary N) is 7. The van der Waals surface area contributed by atoms with E-state index < -0.39 is 103 Å². The Morgan fingerprint density at radius 3 is 1.82 bits per heavy atom. The van der Waals surface area contributed by atoms with E-state index in [1.807, 2.05) is 43.4 Å². The Bertz CT molecular complexity index is 2800. The highest BCUT2D eigenvalue weighted by atomic mass is 16.4. The number of aliphatic carboxylic acids is 3. The van der Waals surface area contributed by atoms with Crippen molar-refractivity contribution in [2.24, 2.45) is 5.92 Å². The Morgan fingerprint density at radius 1 is 0.649 bits per heavy atom. The van der Waals surface area contributed by atoms with E-state index >= 15 is 0 Å². The lowest BCUT2D eigenvalue weighted by atomic mass is 10.0. The van der Waals surface area contributed by atoms with Crippen molar-refractivity contribution in [1.82, 2.24) is 51.4 Å². The second-order valence-electron chi connectivity index (χ2n) is 18.9. The van der Waals surface area contributed by atoms with E-state index in [4.69, 9.17) is 9.97 Å². The lowest BCUT2D eigenvalue weighted by Crippen LogP contribution is -2.59. The second-order valence-corrected chi connectivity index (χ2v) is 18.9. The van der Waals surface area contributed by atoms with Crippen molar-refractivity contribution >= 4 is 80.9 Å². The van der Waals surface area contributed by atoms with Gasteiger partial charge in [0.25, 0.3) is 0 Å². The highest BCUT2D eigenvalue weighted by Gasteiger charge is 2.34. The van der Waals surface area contributed by atoms with Crippen LogP contribution in [0.15, 0.2) is 60.7 Å². The van der Waals surface area contributed by atoms with Crippen LogP contribution in [0.2, 0.25) is 0 Å². The number of carbonyl (C=O) groups excluding carboxylic acids is 5. The molecule has 1 fully saturated rings. The fourth-order valence-electron chi connectivity index (χ4n) is 8.55. The van der Waals surface area contributed by atoms with Crippen LogP contribution >= 0.6 is 0 Å². The highest BCUT2D eigenvalue weighted by molar-refractivity contribution is 5.97. The molecule has 74 heavy (non-hydrogen) atoms. The third-order valence-electron chi connectivity index (χ3n) is 12.8. The predicted octanol–water partition coefficient (Wildman–Crippen LogP) is 2.68. The maximum Gasteiger partial charge on any atom is 0.305 e. The van der Waals surface area contributed by atoms with Gasteiger partial charge in [0.2, 0.25) is 29.5 Å². The molecule has 0 bridgehead atoms. The standard InChI is InChI=1S/C51H66N12O11/c1-29(2)45(60-49(72)37(17-18-42(65)66)58-50(73)41(28-44(69)70)53-30(3)64)51(74)59-40(27-43(67)68)48(71)52-19-7-6-8-20-62(5)33-12-9-31(10-13-33)46-54-35-15-11-32(25-38(35)56-46)47-55-36-16-14-34(26-39(36)57-47)63-23-21-61(4)22-24-63/h9-16,25-26,29,37,40-41,45H,6-8,17-24,27-28H2,1-5H3,(H,52,71)(H,53,64)(H,54,56)(H,55,57)(H,58,73)(H,59,74)(H,60,72)(H,65,66)(H,67,68)(H,69,70)/t37-,40-,41-,45?/m0/s1. The molecule has 23 nitrogen and oxygen atoms in total. The number of likely N-dealkylation sites (N-methyl/N-ethyl adjacent to an activating group) is 1. The number of carbonyl (C=O) groups is 8. The zero-order chi connectivity index (χ0) is 53.6. The van der Waals surface area contributed by atoms with E-state index in [0.717, 1.165) is 90.1 Å². The fraction of sp³-hybridized carbons (Fsp3) is 0.451. The number of hydrogen-bond donors (Lipinski definition) is 10. The summed E-state index contributed by atoms with van der Waals surface area (Å²) in [7, 11) is 4.13. The van der Waals surface area contributed by atoms with Gasteiger partial charge >= 0.3 is 17.9 Å². The van der Waals surface area contributed by atoms with Gasteiger partial charge in [0.05, 0.1) is 34.9 Å². The number of carboxylic acids is 3. The van der Waals surface area contributed by atoms with E-state index in [-0.39, 0.29) is 6.54 Å². The Hall–Kier alpha value is -8.08. The summed E-state index contributed by atoms with van der Waals surface area (Å²) in [6, 6.07) is 14.4. The van der Waals surface area contributed by atoms with E-state index in [2.05, 4.69) is 82.6 Å². The Morgan fingerprint density at radius 2 is 1.22 bits per heavy atom. The number of fused-ring (bicyclic) bond motifs is 2. The number of rotatable bonds is 26. The maximum atomic E-state index is 13.5. The minimum absolute atomic E-state index is 0.190. The van der Waals surface area contributed by atoms with E-state index in [9.17, 15) is 53.7 Å². The SMILES string of the molecule is CC(=O)N[C@@H](CC(=O)O)C(=O)N[C@@H](CCC(=O)O)C(=O)NC(C(=O)N[C@@H](CC(=O)O)C(=O)NCCCCCN(C)c1ccc(-c2nc3ccc(-c4nc5ccc(N6CCN(C)CC6)cc5[nH]4)cc3[nH]2)cc1)C(C)C. The van der Waals surface area contributed by atoms with Crippen molar-refractivity contribution < 1.29 is 53.7 Å². The van der Waals surface area contributed by atoms with Gasteiger partial charge < -0.3 is 66.6 Å². The number of aromatic nitrogens is 4. The molecule has 0 aliphatic carbocycles. The summed E-state index contributed by atoms with van der Waals surface area (Å²) >= 11 is 0. The lowest BCUT2D eigenvalue weighted by molar-refractivity contribution is -0.142. The van der Waals surface area contributed by atoms with Crippen LogP contribution in [0.5, 0.6) is 0 Å². The smallest absolute Gasteiger partial charge is 0.305 e. The molecule has 10 N–H and O–H groups in total. The number of H-pyrrole nitrogens is 2. The molecule has 5 amide bonds. The number of aromatic amines is 2. The van der Waals surface area contributed by atoms with Gasteiger partial charge in [-0.05, 0) is 99.3 Å². The van der Waals surface area contributed by atoms with E-state index in [1.54, 1.807) is 13.8 Å². The molecule has 2 aromatic heterocycles. The quantitative estimate of drug-likeness (QED) is 0.0356. The first-order valence-corrected chi connectivity index (χ1v) is 24.6. The summed E-state index contributed by atoms with van der Waals surface area (Å²) in [6.07, 6.45) is -0.643. The number of nitrogens with zero attached hydrogens (tertiary/aromatic N) is 5. The number of hydrogen-bond acceptors (Lipinski definition) is 13. The highest BCUT2D eigenvalue weighted by Crippen LogP contribution is 2.29. The molecule has 6 rings (SSSR count). The van der Waals surface area contributed by atoms with Crippen molar-refractivity contribution in [2.75, 3.05) is 63.2 Å². The number of carboxylic acid groups (broad SMARTS) is 3. The monoisotopic (exact) mass is 1020 g/mol. The van der Waals surface area contributed by atoms with Crippen LogP contribution in [-0.2, 0) is 38.4 Å². The van der Waals surface area contributed by atoms with Crippen LogP contribution in [0.3, 0.4) is 0 Å². The molecular weight excluding hydrogens is 957 g/mol. The molecular formula is C51H66N12O11. The van der Waals surface area contributed by atoms with Crippen LogP contribution in [0.25, 0.3) is 44.8 Å². The Kier molecular flexibility index (Phi) is 19.1. The molecule has 0 saturated carbocycles. The van der Waals surface area contributed by atoms with Crippen molar-refractivity contribution in [3.05, 3.63) is 60.7 Å². The maximum absolute atomic E-state index is 13.5. The number of imidazole rings is 2. The summed E-state index contributed by atoms with van der Waals surface area (Å²) < 4.78 is 0. The van der Waals surface area contributed by atoms with Crippen molar-refractivity contribution in [2.45, 2.75) is 89.9 Å². The van der Waals surface area contributed by atoms with Gasteiger partial charge in [-0.1, -0.05) is 13.8 Å². The van der Waals surface area contributed by atoms with Gasteiger partial charge in [0.1, 0.15) is 35.8 Å². The average molecular weight is 1020 g/mol.